The zero-order valence-corrected chi connectivity index (χ0v) is 19.0. The summed E-state index contributed by atoms with van der Waals surface area (Å²) in [5.74, 6) is -1.17. The second-order valence-corrected chi connectivity index (χ2v) is 9.51. The highest BCUT2D eigenvalue weighted by molar-refractivity contribution is 7.60. The van der Waals surface area contributed by atoms with Gasteiger partial charge >= 0.3 is 13.6 Å². The number of amides is 1. The van der Waals surface area contributed by atoms with Crippen LogP contribution in [0.15, 0.2) is 78.9 Å². The van der Waals surface area contributed by atoms with E-state index in [0.717, 1.165) is 11.1 Å². The van der Waals surface area contributed by atoms with Gasteiger partial charge in [-0.15, -0.1) is 0 Å². The molecule has 3 aromatic carbocycles. The fourth-order valence-electron chi connectivity index (χ4n) is 3.04. The summed E-state index contributed by atoms with van der Waals surface area (Å²) in [7, 11) is -2.53. The van der Waals surface area contributed by atoms with Gasteiger partial charge in [0.1, 0.15) is 6.61 Å². The van der Waals surface area contributed by atoms with Gasteiger partial charge in [-0.1, -0.05) is 48.0 Å². The van der Waals surface area contributed by atoms with Crippen LogP contribution < -0.4 is 10.4 Å². The topological polar surface area (TPSA) is 120 Å². The Labute approximate surface area is 191 Å². The number of nitro benzene ring substituents is 1. The van der Waals surface area contributed by atoms with E-state index in [9.17, 15) is 19.5 Å². The van der Waals surface area contributed by atoms with Gasteiger partial charge in [-0.3, -0.25) is 14.7 Å². The molecular formula is C23H24N3O6P. The molecule has 2 N–H and O–H groups in total. The van der Waals surface area contributed by atoms with Gasteiger partial charge in [-0.25, -0.2) is 4.79 Å². The van der Waals surface area contributed by atoms with Crippen LogP contribution in [0.4, 0.5) is 16.2 Å². The van der Waals surface area contributed by atoms with Crippen molar-refractivity contribution in [1.29, 1.82) is 0 Å². The Morgan fingerprint density at radius 1 is 1.03 bits per heavy atom. The Morgan fingerprint density at radius 2 is 1.67 bits per heavy atom. The monoisotopic (exact) mass is 469 g/mol. The fourth-order valence-corrected chi connectivity index (χ4v) is 4.82. The number of hydrogen-bond acceptors (Lipinski definition) is 6. The quantitative estimate of drug-likeness (QED) is 0.232. The van der Waals surface area contributed by atoms with Gasteiger partial charge in [0.05, 0.1) is 4.92 Å². The SMILES string of the molecule is COP(=O)(Nc1ccc(C)cc1)C(NC(=O)OCc1ccccc1)c1ccc([N+](=O)[O-])cc1. The summed E-state index contributed by atoms with van der Waals surface area (Å²) in [6, 6.07) is 21.6. The number of alkyl carbamates (subject to hydrolysis) is 1. The average Bonchev–Trinajstić information content (AvgIpc) is 2.83. The molecule has 172 valence electrons. The van der Waals surface area contributed by atoms with Gasteiger partial charge in [0.25, 0.3) is 5.69 Å². The molecule has 2 unspecified atom stereocenters. The van der Waals surface area contributed by atoms with Crippen LogP contribution in [0.25, 0.3) is 0 Å². The lowest BCUT2D eigenvalue weighted by Crippen LogP contribution is -2.31. The van der Waals surface area contributed by atoms with Crippen LogP contribution in [-0.2, 0) is 20.4 Å². The van der Waals surface area contributed by atoms with E-state index in [1.807, 2.05) is 37.3 Å². The van der Waals surface area contributed by atoms with Gasteiger partial charge in [0.2, 0.25) is 0 Å². The van der Waals surface area contributed by atoms with E-state index in [0.29, 0.717) is 11.3 Å². The molecule has 0 aliphatic rings. The molecular weight excluding hydrogens is 445 g/mol. The van der Waals surface area contributed by atoms with Crippen LogP contribution >= 0.6 is 7.52 Å². The summed E-state index contributed by atoms with van der Waals surface area (Å²) in [5.41, 5.74) is 2.54. The number of hydrogen-bond donors (Lipinski definition) is 2. The first-order valence-corrected chi connectivity index (χ1v) is 11.7. The van der Waals surface area contributed by atoms with Crippen molar-refractivity contribution in [2.45, 2.75) is 19.3 Å². The smallest absolute Gasteiger partial charge is 0.408 e. The number of carbonyl (C=O) groups excluding carboxylic acids is 1. The Bertz CT molecular complexity index is 1140. The van der Waals surface area contributed by atoms with Gasteiger partial charge in [-0.2, -0.15) is 0 Å². The number of non-ortho nitro benzene ring substituents is 1. The van der Waals surface area contributed by atoms with Crippen molar-refractivity contribution in [3.63, 3.8) is 0 Å². The number of benzene rings is 3. The van der Waals surface area contributed by atoms with Crippen LogP contribution in [-0.4, -0.2) is 18.1 Å². The first-order valence-electron chi connectivity index (χ1n) is 10.0. The van der Waals surface area contributed by atoms with Crippen LogP contribution in [0.5, 0.6) is 0 Å². The lowest BCUT2D eigenvalue weighted by atomic mass is 10.2. The third-order valence-corrected chi connectivity index (χ3v) is 7.05. The first kappa shape index (κ1) is 24.0. The van der Waals surface area contributed by atoms with E-state index >= 15 is 0 Å². The lowest BCUT2D eigenvalue weighted by molar-refractivity contribution is -0.384. The average molecular weight is 469 g/mol. The minimum absolute atomic E-state index is 0.0162. The predicted octanol–water partition coefficient (Wildman–Crippen LogP) is 5.78. The zero-order chi connectivity index (χ0) is 23.8. The molecule has 3 aromatic rings. The Kier molecular flexibility index (Phi) is 7.82. The molecule has 0 saturated carbocycles. The molecule has 0 aliphatic carbocycles. The summed E-state index contributed by atoms with van der Waals surface area (Å²) in [5, 5.41) is 16.5. The molecule has 0 aromatic heterocycles. The zero-order valence-electron chi connectivity index (χ0n) is 18.1. The van der Waals surface area contributed by atoms with Crippen LogP contribution in [0.1, 0.15) is 22.5 Å². The summed E-state index contributed by atoms with van der Waals surface area (Å²) in [6.45, 7) is 1.94. The third-order valence-electron chi connectivity index (χ3n) is 4.83. The molecule has 3 rings (SSSR count). The minimum Gasteiger partial charge on any atom is -0.445 e. The number of nitrogens with zero attached hydrogens (tertiary/aromatic N) is 1. The van der Waals surface area contributed by atoms with E-state index < -0.39 is 24.3 Å². The molecule has 33 heavy (non-hydrogen) atoms. The van der Waals surface area contributed by atoms with Crippen molar-refractivity contribution in [2.75, 3.05) is 12.2 Å². The number of nitro groups is 1. The maximum atomic E-state index is 13.8. The van der Waals surface area contributed by atoms with E-state index in [-0.39, 0.29) is 12.3 Å². The van der Waals surface area contributed by atoms with Crippen molar-refractivity contribution in [1.82, 2.24) is 5.32 Å². The number of rotatable bonds is 9. The highest BCUT2D eigenvalue weighted by Crippen LogP contribution is 2.57. The largest absolute Gasteiger partial charge is 0.445 e. The summed E-state index contributed by atoms with van der Waals surface area (Å²) in [6.07, 6.45) is -0.815. The molecule has 0 heterocycles. The van der Waals surface area contributed by atoms with E-state index in [1.165, 1.54) is 31.4 Å². The van der Waals surface area contributed by atoms with Crippen molar-refractivity contribution < 1.29 is 23.5 Å². The van der Waals surface area contributed by atoms with Gasteiger partial charge in [0.15, 0.2) is 5.78 Å². The van der Waals surface area contributed by atoms with Crippen molar-refractivity contribution >= 4 is 25.0 Å². The van der Waals surface area contributed by atoms with Crippen molar-refractivity contribution in [3.8, 4) is 0 Å². The molecule has 0 radical (unpaired) electrons. The standard InChI is InChI=1S/C23H24N3O6P/c1-17-8-12-20(13-9-17)25-33(30,31-2)22(19-10-14-21(15-11-19)26(28)29)24-23(27)32-16-18-6-4-3-5-7-18/h3-15,22H,16H2,1-2H3,(H,24,27)(H,25,30). The molecule has 10 heteroatoms. The first-order chi connectivity index (χ1) is 15.8. The number of ether oxygens (including phenoxy) is 1. The van der Waals surface area contributed by atoms with Gasteiger partial charge < -0.3 is 19.7 Å². The van der Waals surface area contributed by atoms with E-state index in [1.54, 1.807) is 24.3 Å². The number of carbonyl (C=O) groups is 1. The normalized spacial score (nSPS) is 13.4. The minimum atomic E-state index is -3.79. The Morgan fingerprint density at radius 3 is 2.24 bits per heavy atom. The van der Waals surface area contributed by atoms with Crippen molar-refractivity contribution in [3.05, 3.63) is 106 Å². The number of aryl methyl sites for hydroxylation is 1. The number of nitrogens with one attached hydrogen (secondary N) is 2. The van der Waals surface area contributed by atoms with Crippen LogP contribution in [0, 0.1) is 17.0 Å². The maximum absolute atomic E-state index is 13.8. The maximum Gasteiger partial charge on any atom is 0.408 e. The van der Waals surface area contributed by atoms with E-state index in [2.05, 4.69) is 10.4 Å². The van der Waals surface area contributed by atoms with Crippen LogP contribution in [0.2, 0.25) is 0 Å². The van der Waals surface area contributed by atoms with Gasteiger partial charge in [-0.05, 0) is 42.3 Å². The second kappa shape index (κ2) is 10.8. The Balaban J connectivity index is 1.87. The molecule has 0 spiro atoms. The second-order valence-electron chi connectivity index (χ2n) is 7.21. The third kappa shape index (κ3) is 6.41. The lowest BCUT2D eigenvalue weighted by Gasteiger charge is -2.28. The summed E-state index contributed by atoms with van der Waals surface area (Å²) >= 11 is 0. The summed E-state index contributed by atoms with van der Waals surface area (Å²) in [4.78, 5) is 23.1. The molecule has 2 atom stereocenters. The fraction of sp³-hybridized carbons (Fsp3) is 0.174. The highest BCUT2D eigenvalue weighted by Gasteiger charge is 2.37. The Hall–Kier alpha value is -3.68. The van der Waals surface area contributed by atoms with Gasteiger partial charge in [0, 0.05) is 24.9 Å². The van der Waals surface area contributed by atoms with Crippen LogP contribution in [0.3, 0.4) is 0 Å². The molecule has 9 nitrogen and oxygen atoms in total. The molecule has 0 bridgehead atoms. The molecule has 0 saturated heterocycles. The number of anilines is 1. The highest BCUT2D eigenvalue weighted by atomic mass is 31.2. The van der Waals surface area contributed by atoms with Crippen molar-refractivity contribution in [2.24, 2.45) is 0 Å². The molecule has 0 fully saturated rings. The summed E-state index contributed by atoms with van der Waals surface area (Å²) < 4.78 is 24.5. The predicted molar refractivity (Wildman–Crippen MR) is 125 cm³/mol. The molecule has 1 amide bonds. The molecule has 0 aliphatic heterocycles. The van der Waals surface area contributed by atoms with E-state index in [4.69, 9.17) is 9.26 Å².